The van der Waals surface area contributed by atoms with Crippen LogP contribution < -0.4 is 4.74 Å². The van der Waals surface area contributed by atoms with Crippen LogP contribution in [0.4, 0.5) is 0 Å². The Hall–Kier alpha value is -3.78. The van der Waals surface area contributed by atoms with Crippen molar-refractivity contribution in [3.05, 3.63) is 78.5 Å². The van der Waals surface area contributed by atoms with E-state index in [1.807, 2.05) is 40.9 Å². The molecule has 8 heteroatoms. The van der Waals surface area contributed by atoms with E-state index >= 15 is 0 Å². The van der Waals surface area contributed by atoms with E-state index in [0.29, 0.717) is 31.1 Å². The summed E-state index contributed by atoms with van der Waals surface area (Å²) in [4.78, 5) is 27.7. The van der Waals surface area contributed by atoms with Crippen molar-refractivity contribution in [1.29, 1.82) is 0 Å². The largest absolute Gasteiger partial charge is 0.481 e. The number of hydrogen-bond acceptors (Lipinski definition) is 6. The number of fused-ring (bicyclic) bond motifs is 1. The number of carbonyl (C=O) groups excluding carboxylic acids is 1. The lowest BCUT2D eigenvalue weighted by atomic mass is 10.1. The molecule has 5 rings (SSSR count). The zero-order valence-corrected chi connectivity index (χ0v) is 17.0. The minimum atomic E-state index is -0.295. The first-order valence-corrected chi connectivity index (χ1v) is 10.0. The number of nitrogens with zero attached hydrogens (tertiary/aromatic N) is 5. The maximum absolute atomic E-state index is 12.8. The number of imidazole rings is 1. The van der Waals surface area contributed by atoms with Gasteiger partial charge in [-0.25, -0.2) is 9.97 Å². The molecule has 0 bridgehead atoms. The standard InChI is InChI=1S/C23H21N5O3/c1-30-22-8-7-16(13-25-22)19-5-2-6-21-26-18(14-28(19)21)20-15-27(10-11-31-20)23(29)17-4-3-9-24-12-17/h2-9,12-14,20H,10-11,15H2,1H3. The molecule has 1 atom stereocenters. The van der Waals surface area contributed by atoms with Crippen molar-refractivity contribution in [3.63, 3.8) is 0 Å². The highest BCUT2D eigenvalue weighted by molar-refractivity contribution is 5.94. The van der Waals surface area contributed by atoms with Crippen LogP contribution in [0.5, 0.6) is 5.88 Å². The van der Waals surface area contributed by atoms with Crippen LogP contribution in [0.1, 0.15) is 22.2 Å². The first-order valence-electron chi connectivity index (χ1n) is 10.0. The molecule has 0 saturated carbocycles. The third kappa shape index (κ3) is 3.73. The van der Waals surface area contributed by atoms with Gasteiger partial charge in [-0.05, 0) is 30.3 Å². The smallest absolute Gasteiger partial charge is 0.255 e. The average molecular weight is 415 g/mol. The number of ether oxygens (including phenoxy) is 2. The number of hydrogen-bond donors (Lipinski definition) is 0. The van der Waals surface area contributed by atoms with E-state index in [1.54, 1.807) is 42.7 Å². The van der Waals surface area contributed by atoms with Gasteiger partial charge in [-0.1, -0.05) is 6.07 Å². The van der Waals surface area contributed by atoms with Gasteiger partial charge in [0.05, 0.1) is 37.2 Å². The van der Waals surface area contributed by atoms with Crippen molar-refractivity contribution in [3.8, 4) is 17.1 Å². The Bertz CT molecular complexity index is 1210. The highest BCUT2D eigenvalue weighted by Gasteiger charge is 2.28. The van der Waals surface area contributed by atoms with Gasteiger partial charge in [-0.3, -0.25) is 14.2 Å². The molecule has 1 aliphatic heterocycles. The van der Waals surface area contributed by atoms with Gasteiger partial charge >= 0.3 is 0 Å². The predicted molar refractivity (Wildman–Crippen MR) is 114 cm³/mol. The number of aromatic nitrogens is 4. The van der Waals surface area contributed by atoms with Crippen LogP contribution in [0, 0.1) is 0 Å². The van der Waals surface area contributed by atoms with Crippen molar-refractivity contribution in [1.82, 2.24) is 24.3 Å². The van der Waals surface area contributed by atoms with Gasteiger partial charge in [0, 0.05) is 43.0 Å². The fraction of sp³-hybridized carbons (Fsp3) is 0.217. The summed E-state index contributed by atoms with van der Waals surface area (Å²) in [5.41, 5.74) is 4.09. The molecule has 0 spiro atoms. The van der Waals surface area contributed by atoms with Crippen molar-refractivity contribution in [2.45, 2.75) is 6.10 Å². The quantitative estimate of drug-likeness (QED) is 0.510. The number of rotatable bonds is 4. The Morgan fingerprint density at radius 1 is 1.16 bits per heavy atom. The van der Waals surface area contributed by atoms with Crippen molar-refractivity contribution >= 4 is 11.6 Å². The topological polar surface area (TPSA) is 81.8 Å². The molecule has 1 unspecified atom stereocenters. The predicted octanol–water partition coefficient (Wildman–Crippen LogP) is 3.01. The Morgan fingerprint density at radius 3 is 2.87 bits per heavy atom. The normalized spacial score (nSPS) is 16.4. The minimum Gasteiger partial charge on any atom is -0.481 e. The van der Waals surface area contributed by atoms with Gasteiger partial charge in [0.25, 0.3) is 5.91 Å². The fourth-order valence-corrected chi connectivity index (χ4v) is 3.76. The highest BCUT2D eigenvalue weighted by Crippen LogP contribution is 2.27. The maximum atomic E-state index is 12.8. The molecule has 4 aromatic heterocycles. The third-order valence-electron chi connectivity index (χ3n) is 5.34. The number of amides is 1. The van der Waals surface area contributed by atoms with Gasteiger partial charge < -0.3 is 14.4 Å². The highest BCUT2D eigenvalue weighted by atomic mass is 16.5. The Morgan fingerprint density at radius 2 is 2.10 bits per heavy atom. The summed E-state index contributed by atoms with van der Waals surface area (Å²) >= 11 is 0. The molecular weight excluding hydrogens is 394 g/mol. The summed E-state index contributed by atoms with van der Waals surface area (Å²) < 4.78 is 13.1. The van der Waals surface area contributed by atoms with Crippen LogP contribution >= 0.6 is 0 Å². The van der Waals surface area contributed by atoms with Gasteiger partial charge in [-0.15, -0.1) is 0 Å². The number of pyridine rings is 3. The van der Waals surface area contributed by atoms with E-state index < -0.39 is 0 Å². The molecule has 8 nitrogen and oxygen atoms in total. The molecule has 156 valence electrons. The zero-order chi connectivity index (χ0) is 21.2. The van der Waals surface area contributed by atoms with Crippen LogP contribution in [0.2, 0.25) is 0 Å². The zero-order valence-electron chi connectivity index (χ0n) is 17.0. The summed E-state index contributed by atoms with van der Waals surface area (Å²) in [5.74, 6) is 0.520. The third-order valence-corrected chi connectivity index (χ3v) is 5.34. The fourth-order valence-electron chi connectivity index (χ4n) is 3.76. The number of carbonyl (C=O) groups is 1. The summed E-state index contributed by atoms with van der Waals surface area (Å²) in [6, 6.07) is 13.3. The van der Waals surface area contributed by atoms with E-state index in [2.05, 4.69) is 9.97 Å². The maximum Gasteiger partial charge on any atom is 0.255 e. The average Bonchev–Trinajstić information content (AvgIpc) is 3.29. The van der Waals surface area contributed by atoms with Gasteiger partial charge in [0.1, 0.15) is 11.8 Å². The second-order valence-corrected chi connectivity index (χ2v) is 7.25. The molecule has 1 saturated heterocycles. The number of morpholine rings is 1. The lowest BCUT2D eigenvalue weighted by Crippen LogP contribution is -2.42. The molecule has 0 aliphatic carbocycles. The molecule has 0 aromatic carbocycles. The molecule has 0 radical (unpaired) electrons. The Labute approximate surface area is 179 Å². The van der Waals surface area contributed by atoms with Crippen LogP contribution in [0.25, 0.3) is 16.9 Å². The molecule has 4 aromatic rings. The van der Waals surface area contributed by atoms with E-state index in [9.17, 15) is 4.79 Å². The van der Waals surface area contributed by atoms with Crippen LogP contribution in [-0.4, -0.2) is 57.0 Å². The van der Waals surface area contributed by atoms with Crippen molar-refractivity contribution < 1.29 is 14.3 Å². The van der Waals surface area contributed by atoms with Crippen molar-refractivity contribution in [2.75, 3.05) is 26.8 Å². The summed E-state index contributed by atoms with van der Waals surface area (Å²) in [6.07, 6.45) is 6.70. The lowest BCUT2D eigenvalue weighted by molar-refractivity contribution is -0.0245. The molecule has 31 heavy (non-hydrogen) atoms. The van der Waals surface area contributed by atoms with Gasteiger partial charge in [-0.2, -0.15) is 0 Å². The molecule has 1 amide bonds. The Kier molecular flexibility index (Phi) is 5.05. The lowest BCUT2D eigenvalue weighted by Gasteiger charge is -2.32. The summed E-state index contributed by atoms with van der Waals surface area (Å²) in [7, 11) is 1.59. The molecule has 5 heterocycles. The molecule has 1 fully saturated rings. The van der Waals surface area contributed by atoms with E-state index in [-0.39, 0.29) is 12.0 Å². The first kappa shape index (κ1) is 19.2. The van der Waals surface area contributed by atoms with E-state index in [0.717, 1.165) is 22.6 Å². The summed E-state index contributed by atoms with van der Waals surface area (Å²) in [6.45, 7) is 1.44. The molecule has 1 aliphatic rings. The van der Waals surface area contributed by atoms with Crippen LogP contribution in [-0.2, 0) is 4.74 Å². The number of methoxy groups -OCH3 is 1. The van der Waals surface area contributed by atoms with Gasteiger partial charge in [0.15, 0.2) is 0 Å². The van der Waals surface area contributed by atoms with E-state index in [1.165, 1.54) is 0 Å². The first-order chi connectivity index (χ1) is 15.2. The molecular formula is C23H21N5O3. The van der Waals surface area contributed by atoms with Crippen LogP contribution in [0.15, 0.2) is 67.3 Å². The molecule has 0 N–H and O–H groups in total. The second-order valence-electron chi connectivity index (χ2n) is 7.25. The van der Waals surface area contributed by atoms with Gasteiger partial charge in [0.2, 0.25) is 5.88 Å². The van der Waals surface area contributed by atoms with E-state index in [4.69, 9.17) is 14.5 Å². The second kappa shape index (κ2) is 8.16. The van der Waals surface area contributed by atoms with Crippen LogP contribution in [0.3, 0.4) is 0 Å². The summed E-state index contributed by atoms with van der Waals surface area (Å²) in [5, 5.41) is 0. The van der Waals surface area contributed by atoms with Crippen molar-refractivity contribution in [2.24, 2.45) is 0 Å². The minimum absolute atomic E-state index is 0.0461. The Balaban J connectivity index is 1.43. The SMILES string of the molecule is COc1ccc(-c2cccc3nc(C4CN(C(=O)c5cccnc5)CCO4)cn23)cn1. The monoisotopic (exact) mass is 415 g/mol.